The Kier molecular flexibility index (Phi) is 5.61. The fourth-order valence-electron chi connectivity index (χ4n) is 1.82. The minimum atomic E-state index is 0.0541. The molecule has 2 rings (SSSR count). The van der Waals surface area contributed by atoms with Gasteiger partial charge in [-0.2, -0.15) is 5.10 Å². The van der Waals surface area contributed by atoms with Crippen molar-refractivity contribution in [2.75, 3.05) is 11.1 Å². The number of nitrogens with one attached hydrogen (secondary N) is 1. The molecule has 1 heterocycles. The Balaban J connectivity index is 1.63. The molecular formula is C14H18N4OS. The van der Waals surface area contributed by atoms with Gasteiger partial charge in [-0.3, -0.25) is 4.79 Å². The summed E-state index contributed by atoms with van der Waals surface area (Å²) in [6.45, 7) is 0. The fourth-order valence-corrected chi connectivity index (χ4v) is 2.43. The van der Waals surface area contributed by atoms with Crippen LogP contribution in [0.2, 0.25) is 0 Å². The summed E-state index contributed by atoms with van der Waals surface area (Å²) in [5.41, 5.74) is 7.41. The maximum atomic E-state index is 11.7. The van der Waals surface area contributed by atoms with Crippen LogP contribution < -0.4 is 11.1 Å². The molecule has 106 valence electrons. The summed E-state index contributed by atoms with van der Waals surface area (Å²) in [5.74, 6) is 0.865. The Morgan fingerprint density at radius 1 is 1.25 bits per heavy atom. The Labute approximate surface area is 122 Å². The quantitative estimate of drug-likeness (QED) is 0.790. The predicted molar refractivity (Wildman–Crippen MR) is 85.1 cm³/mol. The minimum Gasteiger partial charge on any atom is -0.377 e. The van der Waals surface area contributed by atoms with E-state index in [9.17, 15) is 4.79 Å². The molecule has 0 spiro atoms. The highest BCUT2D eigenvalue weighted by Gasteiger charge is 2.08. The first-order valence-electron chi connectivity index (χ1n) is 6.60. The van der Waals surface area contributed by atoms with E-state index in [2.05, 4.69) is 15.5 Å². The van der Waals surface area contributed by atoms with E-state index in [1.165, 1.54) is 11.8 Å². The molecule has 3 N–H and O–H groups in total. The van der Waals surface area contributed by atoms with Crippen molar-refractivity contribution in [2.45, 2.75) is 25.7 Å². The van der Waals surface area contributed by atoms with Crippen LogP contribution in [-0.2, 0) is 4.79 Å². The Morgan fingerprint density at radius 2 is 2.05 bits per heavy atom. The largest absolute Gasteiger partial charge is 0.377 e. The second-order valence-electron chi connectivity index (χ2n) is 4.51. The average Bonchev–Trinajstić information content (AvgIpc) is 2.46. The number of hydrogen-bond donors (Lipinski definition) is 2. The summed E-state index contributed by atoms with van der Waals surface area (Å²) in [4.78, 5) is 11.7. The van der Waals surface area contributed by atoms with Crippen LogP contribution in [0.25, 0.3) is 0 Å². The first kappa shape index (κ1) is 14.6. The molecule has 1 aliphatic rings. The lowest BCUT2D eigenvalue weighted by atomic mass is 10.1. The Bertz CT molecular complexity index is 513. The van der Waals surface area contributed by atoms with Crippen molar-refractivity contribution < 1.29 is 4.79 Å². The van der Waals surface area contributed by atoms with Gasteiger partial charge in [0.25, 0.3) is 0 Å². The van der Waals surface area contributed by atoms with Gasteiger partial charge in [0.2, 0.25) is 5.91 Å². The summed E-state index contributed by atoms with van der Waals surface area (Å²) in [7, 11) is 0. The van der Waals surface area contributed by atoms with Crippen LogP contribution in [0.1, 0.15) is 25.7 Å². The number of para-hydroxylation sites is 1. The minimum absolute atomic E-state index is 0.0541. The molecule has 0 radical (unpaired) electrons. The summed E-state index contributed by atoms with van der Waals surface area (Å²) in [5, 5.41) is 11.3. The van der Waals surface area contributed by atoms with Crippen LogP contribution in [0.5, 0.6) is 0 Å². The predicted octanol–water partition coefficient (Wildman–Crippen LogP) is 2.60. The van der Waals surface area contributed by atoms with Gasteiger partial charge < -0.3 is 11.1 Å². The number of thioether (sulfide) groups is 1. The first-order chi connectivity index (χ1) is 9.74. The van der Waals surface area contributed by atoms with Crippen LogP contribution in [0, 0.1) is 0 Å². The molecule has 1 aliphatic heterocycles. The monoisotopic (exact) mass is 290 g/mol. The van der Waals surface area contributed by atoms with Gasteiger partial charge in [-0.05, 0) is 31.4 Å². The van der Waals surface area contributed by atoms with Crippen molar-refractivity contribution in [1.29, 1.82) is 0 Å². The molecule has 1 amide bonds. The van der Waals surface area contributed by atoms with Gasteiger partial charge in [0.1, 0.15) is 0 Å². The molecule has 0 aromatic heterocycles. The zero-order chi connectivity index (χ0) is 14.2. The topological polar surface area (TPSA) is 79.8 Å². The number of carbonyl (C=O) groups is 1. The van der Waals surface area contributed by atoms with Crippen LogP contribution in [0.3, 0.4) is 0 Å². The van der Waals surface area contributed by atoms with Crippen LogP contribution >= 0.6 is 11.8 Å². The maximum Gasteiger partial charge on any atom is 0.224 e. The molecule has 6 heteroatoms. The third kappa shape index (κ3) is 5.05. The van der Waals surface area contributed by atoms with Crippen molar-refractivity contribution in [2.24, 2.45) is 15.9 Å². The highest BCUT2D eigenvalue weighted by molar-refractivity contribution is 8.14. The number of nitrogens with zero attached hydrogens (tertiary/aromatic N) is 2. The number of amidine groups is 1. The SMILES string of the molecule is NC1=NN=C(CCCCC(=O)Nc2ccccc2)CS1. The number of nitrogens with two attached hydrogens (primary N) is 1. The molecule has 0 saturated carbocycles. The average molecular weight is 290 g/mol. The molecule has 0 atom stereocenters. The fraction of sp³-hybridized carbons (Fsp3) is 0.357. The summed E-state index contributed by atoms with van der Waals surface area (Å²) in [6.07, 6.45) is 3.20. The van der Waals surface area contributed by atoms with E-state index in [1.54, 1.807) is 0 Å². The second-order valence-corrected chi connectivity index (χ2v) is 5.51. The molecule has 0 saturated heterocycles. The van der Waals surface area contributed by atoms with Gasteiger partial charge >= 0.3 is 0 Å². The highest BCUT2D eigenvalue weighted by atomic mass is 32.2. The highest BCUT2D eigenvalue weighted by Crippen LogP contribution is 2.12. The lowest BCUT2D eigenvalue weighted by molar-refractivity contribution is -0.116. The molecule has 1 aromatic rings. The van der Waals surface area contributed by atoms with Crippen molar-refractivity contribution in [3.8, 4) is 0 Å². The number of carbonyl (C=O) groups excluding carboxylic acids is 1. The zero-order valence-electron chi connectivity index (χ0n) is 11.2. The van der Waals surface area contributed by atoms with Gasteiger partial charge in [-0.15, -0.1) is 5.10 Å². The molecule has 0 fully saturated rings. The van der Waals surface area contributed by atoms with Gasteiger partial charge in [0, 0.05) is 17.9 Å². The Morgan fingerprint density at radius 3 is 2.75 bits per heavy atom. The Hall–Kier alpha value is -1.82. The van der Waals surface area contributed by atoms with Gasteiger partial charge in [-0.1, -0.05) is 30.0 Å². The number of benzene rings is 1. The number of rotatable bonds is 6. The van der Waals surface area contributed by atoms with Crippen molar-refractivity contribution >= 4 is 34.2 Å². The second kappa shape index (κ2) is 7.69. The van der Waals surface area contributed by atoms with E-state index in [1.807, 2.05) is 30.3 Å². The number of unbranched alkanes of at least 4 members (excludes halogenated alkanes) is 1. The summed E-state index contributed by atoms with van der Waals surface area (Å²) < 4.78 is 0. The first-order valence-corrected chi connectivity index (χ1v) is 7.59. The van der Waals surface area contributed by atoms with Gasteiger partial charge in [-0.25, -0.2) is 0 Å². The van der Waals surface area contributed by atoms with Gasteiger partial charge in [0.05, 0.1) is 5.71 Å². The molecular weight excluding hydrogens is 272 g/mol. The third-order valence-corrected chi connectivity index (χ3v) is 3.71. The van der Waals surface area contributed by atoms with Gasteiger partial charge in [0.15, 0.2) is 5.17 Å². The van der Waals surface area contributed by atoms with Crippen molar-refractivity contribution in [3.63, 3.8) is 0 Å². The van der Waals surface area contributed by atoms with E-state index in [0.29, 0.717) is 11.6 Å². The van der Waals surface area contributed by atoms with Crippen molar-refractivity contribution in [3.05, 3.63) is 30.3 Å². The molecule has 5 nitrogen and oxygen atoms in total. The molecule has 0 unspecified atom stereocenters. The molecule has 1 aromatic carbocycles. The van der Waals surface area contributed by atoms with E-state index < -0.39 is 0 Å². The maximum absolute atomic E-state index is 11.7. The molecule has 20 heavy (non-hydrogen) atoms. The third-order valence-electron chi connectivity index (χ3n) is 2.85. The van der Waals surface area contributed by atoms with Crippen molar-refractivity contribution in [1.82, 2.24) is 0 Å². The lowest BCUT2D eigenvalue weighted by Crippen LogP contribution is -2.15. The lowest BCUT2D eigenvalue weighted by Gasteiger charge is -2.08. The number of amides is 1. The summed E-state index contributed by atoms with van der Waals surface area (Å²) >= 11 is 1.51. The van der Waals surface area contributed by atoms with E-state index in [-0.39, 0.29) is 5.91 Å². The molecule has 0 aliphatic carbocycles. The standard InChI is InChI=1S/C14H18N4OS/c15-14-18-17-12(10-20-14)8-4-5-9-13(19)16-11-6-2-1-3-7-11/h1-3,6-7H,4-5,8-10H2,(H2,15,18)(H,16,19). The number of anilines is 1. The smallest absolute Gasteiger partial charge is 0.224 e. The van der Waals surface area contributed by atoms with E-state index in [4.69, 9.17) is 5.73 Å². The zero-order valence-corrected chi connectivity index (χ0v) is 12.0. The normalized spacial score (nSPS) is 14.4. The number of hydrogen-bond acceptors (Lipinski definition) is 5. The van der Waals surface area contributed by atoms with Crippen LogP contribution in [-0.4, -0.2) is 22.5 Å². The van der Waals surface area contributed by atoms with Crippen LogP contribution in [0.4, 0.5) is 5.69 Å². The summed E-state index contributed by atoms with van der Waals surface area (Å²) in [6, 6.07) is 9.50. The molecule has 0 bridgehead atoms. The van der Waals surface area contributed by atoms with E-state index >= 15 is 0 Å². The van der Waals surface area contributed by atoms with Crippen LogP contribution in [0.15, 0.2) is 40.5 Å². The van der Waals surface area contributed by atoms with E-state index in [0.717, 1.165) is 36.4 Å².